The van der Waals surface area contributed by atoms with Crippen molar-refractivity contribution in [3.8, 4) is 5.69 Å². The number of anilines is 1. The Morgan fingerprint density at radius 2 is 1.69 bits per heavy atom. The third-order valence-electron chi connectivity index (χ3n) is 6.90. The number of carboxylic acid groups (broad SMARTS) is 1. The summed E-state index contributed by atoms with van der Waals surface area (Å²) in [6.45, 7) is 7.91. The van der Waals surface area contributed by atoms with Gasteiger partial charge in [0.2, 0.25) is 0 Å². The summed E-state index contributed by atoms with van der Waals surface area (Å²) >= 11 is 0. The largest absolute Gasteiger partial charge is 0.465 e. The van der Waals surface area contributed by atoms with Gasteiger partial charge in [-0.3, -0.25) is 24.4 Å². The van der Waals surface area contributed by atoms with Crippen LogP contribution >= 0.6 is 0 Å². The van der Waals surface area contributed by atoms with Gasteiger partial charge in [0.1, 0.15) is 23.9 Å². The number of carbonyl (C=O) groups excluding carboxylic acids is 3. The molecule has 2 fully saturated rings. The lowest BCUT2D eigenvalue weighted by atomic mass is 9.91. The molecule has 4 amide bonds. The summed E-state index contributed by atoms with van der Waals surface area (Å²) in [5.41, 5.74) is -1.51. The van der Waals surface area contributed by atoms with Crippen molar-refractivity contribution in [1.29, 1.82) is 0 Å². The van der Waals surface area contributed by atoms with Gasteiger partial charge in [0.15, 0.2) is 0 Å². The highest BCUT2D eigenvalue weighted by molar-refractivity contribution is 5.91. The van der Waals surface area contributed by atoms with E-state index in [1.165, 1.54) is 21.7 Å². The molecule has 0 saturated carbocycles. The molecule has 2 atom stereocenters. The van der Waals surface area contributed by atoms with E-state index >= 15 is 0 Å². The number of hydrogen-bond acceptors (Lipinski definition) is 7. The van der Waals surface area contributed by atoms with Crippen molar-refractivity contribution in [3.63, 3.8) is 0 Å². The lowest BCUT2D eigenvalue weighted by molar-refractivity contribution is -0.143. The van der Waals surface area contributed by atoms with Crippen LogP contribution in [-0.4, -0.2) is 98.2 Å². The molecule has 0 radical (unpaired) electrons. The topological polar surface area (TPSA) is 154 Å². The predicted octanol–water partition coefficient (Wildman–Crippen LogP) is 1.86. The zero-order valence-electron chi connectivity index (χ0n) is 22.3. The Labute approximate surface area is 225 Å². The van der Waals surface area contributed by atoms with Crippen LogP contribution < -0.4 is 11.0 Å². The van der Waals surface area contributed by atoms with Crippen LogP contribution in [-0.2, 0) is 9.53 Å². The van der Waals surface area contributed by atoms with Gasteiger partial charge in [-0.25, -0.2) is 14.4 Å². The van der Waals surface area contributed by atoms with Crippen LogP contribution in [0.5, 0.6) is 0 Å². The van der Waals surface area contributed by atoms with Gasteiger partial charge in [-0.1, -0.05) is 20.8 Å². The Morgan fingerprint density at radius 3 is 2.23 bits per heavy atom. The number of aldehydes is 1. The number of hydrogen-bond donors (Lipinski definition) is 2. The van der Waals surface area contributed by atoms with Gasteiger partial charge >= 0.3 is 17.8 Å². The molecule has 1 aromatic heterocycles. The summed E-state index contributed by atoms with van der Waals surface area (Å²) in [5, 5.41) is 12.5. The molecule has 2 aliphatic heterocycles. The molecule has 13 heteroatoms. The second-order valence-electron chi connectivity index (χ2n) is 10.8. The van der Waals surface area contributed by atoms with Crippen molar-refractivity contribution in [2.45, 2.75) is 39.5 Å². The molecular weight excluding hydrogens is 508 g/mol. The highest BCUT2D eigenvalue weighted by Crippen LogP contribution is 2.38. The lowest BCUT2D eigenvalue weighted by Gasteiger charge is -2.42. The van der Waals surface area contributed by atoms with Crippen LogP contribution in [0.25, 0.3) is 5.69 Å². The van der Waals surface area contributed by atoms with Crippen LogP contribution in [0.1, 0.15) is 38.1 Å². The number of carbonyl (C=O) groups is 4. The average Bonchev–Trinajstić information content (AvgIpc) is 3.28. The van der Waals surface area contributed by atoms with Crippen molar-refractivity contribution in [2.75, 3.05) is 38.1 Å². The molecule has 0 aliphatic carbocycles. The van der Waals surface area contributed by atoms with Gasteiger partial charge in [-0.15, -0.1) is 0 Å². The molecule has 0 spiro atoms. The maximum absolute atomic E-state index is 13.5. The maximum Gasteiger partial charge on any atom is 0.410 e. The summed E-state index contributed by atoms with van der Waals surface area (Å²) in [7, 11) is 0. The Morgan fingerprint density at radius 1 is 1.08 bits per heavy atom. The van der Waals surface area contributed by atoms with Gasteiger partial charge in [0, 0.05) is 43.4 Å². The number of benzene rings is 1. The van der Waals surface area contributed by atoms with E-state index in [9.17, 15) is 29.1 Å². The third-order valence-corrected chi connectivity index (χ3v) is 6.90. The number of piperazine rings is 1. The molecule has 2 N–H and O–H groups in total. The molecule has 2 saturated heterocycles. The van der Waals surface area contributed by atoms with Gasteiger partial charge in [0.05, 0.1) is 12.3 Å². The quantitative estimate of drug-likeness (QED) is 0.557. The van der Waals surface area contributed by atoms with E-state index < -0.39 is 35.0 Å². The molecule has 13 nitrogen and oxygen atoms in total. The minimum Gasteiger partial charge on any atom is -0.465 e. The van der Waals surface area contributed by atoms with E-state index in [1.54, 1.807) is 36.1 Å². The van der Waals surface area contributed by atoms with Crippen LogP contribution in [0, 0.1) is 5.41 Å². The van der Waals surface area contributed by atoms with Gasteiger partial charge < -0.3 is 19.6 Å². The van der Waals surface area contributed by atoms with E-state index in [0.29, 0.717) is 17.5 Å². The monoisotopic (exact) mass is 540 g/mol. The fraction of sp³-hybridized carbons (Fsp3) is 0.462. The van der Waals surface area contributed by atoms with Crippen LogP contribution in [0.4, 0.5) is 15.4 Å². The third kappa shape index (κ3) is 5.48. The minimum absolute atomic E-state index is 0.0563. The van der Waals surface area contributed by atoms with Crippen molar-refractivity contribution in [3.05, 3.63) is 52.6 Å². The molecule has 2 aliphatic rings. The fourth-order valence-corrected chi connectivity index (χ4v) is 4.78. The highest BCUT2D eigenvalue weighted by Gasteiger charge is 2.56. The summed E-state index contributed by atoms with van der Waals surface area (Å²) < 4.78 is 7.06. The lowest BCUT2D eigenvalue weighted by Crippen LogP contribution is -2.63. The van der Waals surface area contributed by atoms with Gasteiger partial charge in [-0.05, 0) is 37.3 Å². The Hall–Kier alpha value is -4.26. The van der Waals surface area contributed by atoms with E-state index in [0.717, 1.165) is 4.90 Å². The second kappa shape index (κ2) is 10.5. The number of urea groups is 1. The Kier molecular flexibility index (Phi) is 7.46. The van der Waals surface area contributed by atoms with Crippen molar-refractivity contribution >= 4 is 30.1 Å². The number of nitrogens with zero attached hydrogens (tertiary/aromatic N) is 5. The summed E-state index contributed by atoms with van der Waals surface area (Å²) in [4.78, 5) is 69.8. The Balaban J connectivity index is 1.37. The standard InChI is InChI=1S/C26H32N6O7/c1-25(2,3)21-32(24(37)38)26(4,16-39-21)20(34)29-11-13-30(14-12-29)22(35)27-19-9-10-31(23(36)28-19)18-7-5-17(15-33)6-8-18/h5-10,15,21H,11-14,16H2,1-4H3,(H,37,38)(H,27,28,35,36)/t21-,26+/m1/s1. The van der Waals surface area contributed by atoms with E-state index in [4.69, 9.17) is 4.74 Å². The summed E-state index contributed by atoms with van der Waals surface area (Å²) in [6.07, 6.45) is 0.180. The van der Waals surface area contributed by atoms with Gasteiger partial charge in [-0.2, -0.15) is 4.98 Å². The van der Waals surface area contributed by atoms with Crippen LogP contribution in [0.3, 0.4) is 0 Å². The first kappa shape index (κ1) is 27.8. The van der Waals surface area contributed by atoms with Crippen LogP contribution in [0.2, 0.25) is 0 Å². The first-order chi connectivity index (χ1) is 18.3. The first-order valence-electron chi connectivity index (χ1n) is 12.5. The zero-order valence-corrected chi connectivity index (χ0v) is 22.3. The van der Waals surface area contributed by atoms with E-state index in [-0.39, 0.29) is 44.5 Å². The van der Waals surface area contributed by atoms with Crippen molar-refractivity contribution in [1.82, 2.24) is 24.3 Å². The SMILES string of the molecule is CC(C)(C)[C@H]1OC[C@@](C)(C(=O)N2CCN(C(=O)Nc3ccn(-c4ccc(C=O)cc4)c(=O)n3)CC2)N1C(=O)O. The zero-order chi connectivity index (χ0) is 28.5. The second-order valence-corrected chi connectivity index (χ2v) is 10.8. The minimum atomic E-state index is -1.38. The maximum atomic E-state index is 13.5. The van der Waals surface area contributed by atoms with Gasteiger partial charge in [0.25, 0.3) is 5.91 Å². The smallest absolute Gasteiger partial charge is 0.410 e. The number of ether oxygens (including phenoxy) is 1. The van der Waals surface area contributed by atoms with E-state index in [2.05, 4.69) is 10.3 Å². The molecule has 3 heterocycles. The molecule has 208 valence electrons. The predicted molar refractivity (Wildman–Crippen MR) is 140 cm³/mol. The van der Waals surface area contributed by atoms with Crippen molar-refractivity contribution < 1.29 is 29.0 Å². The van der Waals surface area contributed by atoms with E-state index in [1.807, 2.05) is 20.8 Å². The number of aromatic nitrogens is 2. The molecular formula is C26H32N6O7. The molecule has 4 rings (SSSR count). The average molecular weight is 541 g/mol. The highest BCUT2D eigenvalue weighted by atomic mass is 16.5. The fourth-order valence-electron chi connectivity index (χ4n) is 4.78. The number of rotatable bonds is 4. The molecule has 2 aromatic rings. The molecule has 0 unspecified atom stereocenters. The van der Waals surface area contributed by atoms with Crippen molar-refractivity contribution in [2.24, 2.45) is 5.41 Å². The molecule has 0 bridgehead atoms. The molecule has 1 aromatic carbocycles. The summed E-state index contributed by atoms with van der Waals surface area (Å²) in [6, 6.07) is 7.40. The summed E-state index contributed by atoms with van der Waals surface area (Å²) in [5.74, 6) is -0.298. The molecule has 39 heavy (non-hydrogen) atoms. The van der Waals surface area contributed by atoms with Crippen LogP contribution in [0.15, 0.2) is 41.3 Å². The first-order valence-corrected chi connectivity index (χ1v) is 12.5. The number of amides is 4. The normalized spacial score (nSPS) is 21.5. The Bertz CT molecular complexity index is 1330. The number of nitrogens with one attached hydrogen (secondary N) is 1.